The molecule has 0 radical (unpaired) electrons. The highest BCUT2D eigenvalue weighted by Crippen LogP contribution is 2.33. The van der Waals surface area contributed by atoms with E-state index in [0.29, 0.717) is 0 Å². The Bertz CT molecular complexity index is 631. The maximum absolute atomic E-state index is 11.8. The van der Waals surface area contributed by atoms with Crippen molar-refractivity contribution in [3.8, 4) is 0 Å². The van der Waals surface area contributed by atoms with Gasteiger partial charge in [-0.15, -0.1) is 0 Å². The van der Waals surface area contributed by atoms with Crippen LogP contribution in [0.1, 0.15) is 24.2 Å². The van der Waals surface area contributed by atoms with Gasteiger partial charge in [0.15, 0.2) is 0 Å². The Labute approximate surface area is 141 Å². The van der Waals surface area contributed by atoms with Crippen LogP contribution in [0.2, 0.25) is 5.02 Å². The van der Waals surface area contributed by atoms with Crippen LogP contribution >= 0.6 is 38.2 Å². The first kappa shape index (κ1) is 18.7. The molecule has 0 heterocycles. The van der Waals surface area contributed by atoms with Crippen LogP contribution in [0.3, 0.4) is 0 Å². The molecule has 0 aliphatic carbocycles. The normalized spacial score (nSPS) is 11.7. The summed E-state index contributed by atoms with van der Waals surface area (Å²) < 4.78 is 33.1. The molecule has 5 nitrogen and oxygen atoms in total. The maximum Gasteiger partial charge on any atom is 0.338 e. The summed E-state index contributed by atoms with van der Waals surface area (Å²) in [6.07, 6.45) is 0.0267. The minimum atomic E-state index is -4.04. The summed E-state index contributed by atoms with van der Waals surface area (Å²) in [6, 6.07) is 2.40. The lowest BCUT2D eigenvalue weighted by atomic mass is 10.2. The monoisotopic (exact) mass is 418 g/mol. The molecule has 21 heavy (non-hydrogen) atoms. The molecule has 1 rings (SSSR count). The highest BCUT2D eigenvalue weighted by molar-refractivity contribution is 9.10. The highest BCUT2D eigenvalue weighted by Gasteiger charge is 2.21. The van der Waals surface area contributed by atoms with E-state index >= 15 is 0 Å². The van der Waals surface area contributed by atoms with Crippen LogP contribution < -0.4 is 0 Å². The number of ether oxygens (including phenoxy) is 2. The molecule has 0 aliphatic heterocycles. The predicted octanol–water partition coefficient (Wildman–Crippen LogP) is 3.61. The fourth-order valence-corrected chi connectivity index (χ4v) is 3.74. The van der Waals surface area contributed by atoms with Gasteiger partial charge in [0.05, 0.1) is 32.7 Å². The van der Waals surface area contributed by atoms with E-state index in [2.05, 4.69) is 15.9 Å². The lowest BCUT2D eigenvalue weighted by Crippen LogP contribution is -2.14. The molecule has 0 N–H and O–H groups in total. The van der Waals surface area contributed by atoms with E-state index in [-0.39, 0.29) is 39.3 Å². The third-order valence-corrected chi connectivity index (χ3v) is 5.25. The van der Waals surface area contributed by atoms with Crippen LogP contribution in [0, 0.1) is 0 Å². The zero-order chi connectivity index (χ0) is 16.2. The van der Waals surface area contributed by atoms with Crippen LogP contribution in [0.25, 0.3) is 0 Å². The number of carbonyl (C=O) groups excluding carboxylic acids is 1. The smallest absolute Gasteiger partial charge is 0.338 e. The lowest BCUT2D eigenvalue weighted by Gasteiger charge is -2.10. The molecular formula is C12H13BrCl2O5S. The molecule has 9 heteroatoms. The molecule has 1 aromatic rings. The SMILES string of the molecule is CC(C)OCCOC(=O)c1cc(Cl)c(Br)c(S(=O)(=O)Cl)c1. The first-order valence-electron chi connectivity index (χ1n) is 5.85. The van der Waals surface area contributed by atoms with Crippen molar-refractivity contribution >= 4 is 53.2 Å². The van der Waals surface area contributed by atoms with Gasteiger partial charge >= 0.3 is 5.97 Å². The fourth-order valence-electron chi connectivity index (χ4n) is 1.36. The van der Waals surface area contributed by atoms with Gasteiger partial charge < -0.3 is 9.47 Å². The van der Waals surface area contributed by atoms with E-state index < -0.39 is 15.0 Å². The van der Waals surface area contributed by atoms with Crippen molar-refractivity contribution in [1.82, 2.24) is 0 Å². The van der Waals surface area contributed by atoms with Gasteiger partial charge in [0.1, 0.15) is 6.61 Å². The summed E-state index contributed by atoms with van der Waals surface area (Å²) in [4.78, 5) is 11.6. The maximum atomic E-state index is 11.8. The topological polar surface area (TPSA) is 69.7 Å². The van der Waals surface area contributed by atoms with Crippen LogP contribution in [-0.4, -0.2) is 33.7 Å². The van der Waals surface area contributed by atoms with E-state index in [1.807, 2.05) is 13.8 Å². The number of hydrogen-bond donors (Lipinski definition) is 0. The largest absolute Gasteiger partial charge is 0.460 e. The van der Waals surface area contributed by atoms with Gasteiger partial charge in [-0.05, 0) is 41.9 Å². The van der Waals surface area contributed by atoms with Crippen molar-refractivity contribution in [2.45, 2.75) is 24.8 Å². The highest BCUT2D eigenvalue weighted by atomic mass is 79.9. The predicted molar refractivity (Wildman–Crippen MR) is 83.6 cm³/mol. The Kier molecular flexibility index (Phi) is 6.93. The van der Waals surface area contributed by atoms with E-state index in [1.165, 1.54) is 6.07 Å². The van der Waals surface area contributed by atoms with Crippen LogP contribution in [0.5, 0.6) is 0 Å². The Hall–Kier alpha value is -0.340. The number of halogens is 3. The quantitative estimate of drug-likeness (QED) is 0.400. The first-order valence-corrected chi connectivity index (χ1v) is 9.33. The molecule has 118 valence electrons. The van der Waals surface area contributed by atoms with E-state index in [4.69, 9.17) is 31.8 Å². The van der Waals surface area contributed by atoms with Gasteiger partial charge in [-0.3, -0.25) is 0 Å². The summed E-state index contributed by atoms with van der Waals surface area (Å²) in [5.41, 5.74) is -0.00743. The van der Waals surface area contributed by atoms with Gasteiger partial charge in [-0.1, -0.05) is 11.6 Å². The number of hydrogen-bond acceptors (Lipinski definition) is 5. The number of benzene rings is 1. The van der Waals surface area contributed by atoms with Gasteiger partial charge in [-0.25, -0.2) is 13.2 Å². The molecule has 0 aliphatic rings. The summed E-state index contributed by atoms with van der Waals surface area (Å²) in [5.74, 6) is -0.710. The third kappa shape index (κ3) is 5.75. The summed E-state index contributed by atoms with van der Waals surface area (Å²) in [5, 5.41) is 0.0436. The Morgan fingerprint density at radius 3 is 2.48 bits per heavy atom. The molecule has 0 saturated carbocycles. The molecule has 0 spiro atoms. The van der Waals surface area contributed by atoms with Crippen LogP contribution in [0.15, 0.2) is 21.5 Å². The van der Waals surface area contributed by atoms with Gasteiger partial charge in [0.2, 0.25) is 0 Å². The molecule has 0 atom stereocenters. The average molecular weight is 420 g/mol. The van der Waals surface area contributed by atoms with Crippen LogP contribution in [-0.2, 0) is 18.5 Å². The molecule has 0 amide bonds. The first-order chi connectivity index (χ1) is 9.62. The van der Waals surface area contributed by atoms with Crippen molar-refractivity contribution < 1.29 is 22.7 Å². The van der Waals surface area contributed by atoms with Crippen molar-refractivity contribution in [3.63, 3.8) is 0 Å². The Morgan fingerprint density at radius 1 is 1.33 bits per heavy atom. The zero-order valence-corrected chi connectivity index (χ0v) is 15.1. The van der Waals surface area contributed by atoms with Gasteiger partial charge in [0, 0.05) is 10.7 Å². The van der Waals surface area contributed by atoms with Crippen molar-refractivity contribution in [2.75, 3.05) is 13.2 Å². The van der Waals surface area contributed by atoms with E-state index in [0.717, 1.165) is 6.07 Å². The Balaban J connectivity index is 2.89. The molecule has 1 aromatic carbocycles. The zero-order valence-electron chi connectivity index (χ0n) is 11.2. The van der Waals surface area contributed by atoms with Crippen LogP contribution in [0.4, 0.5) is 0 Å². The standard InChI is InChI=1S/C12H13BrCl2O5S/c1-7(2)19-3-4-20-12(16)8-5-9(14)11(13)10(6-8)21(15,17)18/h5-7H,3-4H2,1-2H3. The second kappa shape index (κ2) is 7.78. The van der Waals surface area contributed by atoms with E-state index in [9.17, 15) is 13.2 Å². The van der Waals surface area contributed by atoms with Gasteiger partial charge in [-0.2, -0.15) is 0 Å². The second-order valence-electron chi connectivity index (χ2n) is 4.26. The number of rotatable bonds is 6. The lowest BCUT2D eigenvalue weighted by molar-refractivity contribution is 0.0177. The average Bonchev–Trinajstić information content (AvgIpc) is 2.35. The number of carbonyl (C=O) groups is 1. The second-order valence-corrected chi connectivity index (χ2v) is 8.00. The summed E-state index contributed by atoms with van der Waals surface area (Å²) in [7, 11) is 1.25. The minimum absolute atomic E-state index is 0.00743. The van der Waals surface area contributed by atoms with Gasteiger partial charge in [0.25, 0.3) is 9.05 Å². The Morgan fingerprint density at radius 2 is 1.95 bits per heavy atom. The molecule has 0 bridgehead atoms. The minimum Gasteiger partial charge on any atom is -0.460 e. The molecular weight excluding hydrogens is 407 g/mol. The summed E-state index contributed by atoms with van der Waals surface area (Å²) in [6.45, 7) is 4.00. The molecule has 0 aromatic heterocycles. The van der Waals surface area contributed by atoms with Crippen molar-refractivity contribution in [1.29, 1.82) is 0 Å². The summed E-state index contributed by atoms with van der Waals surface area (Å²) >= 11 is 8.88. The van der Waals surface area contributed by atoms with Crippen molar-refractivity contribution in [3.05, 3.63) is 27.2 Å². The number of esters is 1. The van der Waals surface area contributed by atoms with Crippen molar-refractivity contribution in [2.24, 2.45) is 0 Å². The fraction of sp³-hybridized carbons (Fsp3) is 0.417. The molecule has 0 unspecified atom stereocenters. The third-order valence-electron chi connectivity index (χ3n) is 2.26. The molecule has 0 saturated heterocycles. The van der Waals surface area contributed by atoms with E-state index in [1.54, 1.807) is 0 Å². The molecule has 0 fully saturated rings.